The molecule has 2 aromatic heterocycles. The SMILES string of the molecule is Cc1ccc(N(c2ccc(C)cc2)c2cc3c(c4oc5ccccc5c24)Oc2cc(C)cc4c2B3c2sc3ccc(C(C)(C)C)cc3c2O4)cc1. The van der Waals surface area contributed by atoms with Crippen LogP contribution < -0.4 is 30.1 Å². The molecule has 248 valence electrons. The Morgan fingerprint density at radius 3 is 1.96 bits per heavy atom. The van der Waals surface area contributed by atoms with Gasteiger partial charge in [-0.2, -0.15) is 0 Å². The van der Waals surface area contributed by atoms with Crippen LogP contribution in [0.4, 0.5) is 17.1 Å². The molecule has 0 bridgehead atoms. The minimum atomic E-state index is -0.104. The smallest absolute Gasteiger partial charge is 0.273 e. The Kier molecular flexibility index (Phi) is 6.42. The quantitative estimate of drug-likeness (QED) is 0.174. The van der Waals surface area contributed by atoms with E-state index in [1.807, 2.05) is 17.4 Å². The average Bonchev–Trinajstić information content (AvgIpc) is 3.68. The summed E-state index contributed by atoms with van der Waals surface area (Å²) < 4.78 is 23.2. The molecule has 0 radical (unpaired) electrons. The second-order valence-corrected chi connectivity index (χ2v) is 16.3. The van der Waals surface area contributed by atoms with Crippen LogP contribution in [0.3, 0.4) is 0 Å². The monoisotopic (exact) mass is 681 g/mol. The minimum absolute atomic E-state index is 0.0157. The number of thiophene rings is 1. The van der Waals surface area contributed by atoms with Gasteiger partial charge in [-0.15, -0.1) is 11.3 Å². The predicted octanol–water partition coefficient (Wildman–Crippen LogP) is 11.2. The highest BCUT2D eigenvalue weighted by molar-refractivity contribution is 7.33. The third kappa shape index (κ3) is 4.59. The standard InChI is InChI=1S/C45H36BNO3S/c1-25-11-16-29(17-12-25)47(30-18-13-26(2)14-19-30)34-24-33-42(43-39(34)31-9-7-8-10-35(31)48-43)50-37-22-27(3)21-36-40(37)46(33)44-41(49-36)32-23-28(45(4,5)6)15-20-38(32)51-44/h7-24H,1-6H3. The maximum Gasteiger partial charge on any atom is 0.273 e. The molecule has 0 spiro atoms. The fourth-order valence-electron chi connectivity index (χ4n) is 7.88. The van der Waals surface area contributed by atoms with Crippen LogP contribution in [0.2, 0.25) is 0 Å². The Labute approximate surface area is 301 Å². The molecule has 0 saturated heterocycles. The van der Waals surface area contributed by atoms with E-state index in [0.717, 1.165) is 83.9 Å². The average molecular weight is 682 g/mol. The molecule has 0 atom stereocenters. The van der Waals surface area contributed by atoms with Crippen molar-refractivity contribution in [3.63, 3.8) is 0 Å². The van der Waals surface area contributed by atoms with E-state index in [-0.39, 0.29) is 12.1 Å². The molecular formula is C45H36BNO3S. The van der Waals surface area contributed by atoms with Crippen molar-refractivity contribution in [1.82, 2.24) is 0 Å². The Morgan fingerprint density at radius 2 is 1.29 bits per heavy atom. The van der Waals surface area contributed by atoms with Crippen molar-refractivity contribution < 1.29 is 13.9 Å². The molecule has 6 aromatic carbocycles. The lowest BCUT2D eigenvalue weighted by Crippen LogP contribution is -2.56. The summed E-state index contributed by atoms with van der Waals surface area (Å²) in [5, 5.41) is 3.24. The van der Waals surface area contributed by atoms with E-state index in [0.29, 0.717) is 0 Å². The van der Waals surface area contributed by atoms with Crippen molar-refractivity contribution in [2.24, 2.45) is 0 Å². The Balaban J connectivity index is 1.32. The largest absolute Gasteiger partial charge is 0.457 e. The molecule has 2 aliphatic rings. The lowest BCUT2D eigenvalue weighted by atomic mass is 9.37. The van der Waals surface area contributed by atoms with Gasteiger partial charge in [0.15, 0.2) is 11.3 Å². The summed E-state index contributed by atoms with van der Waals surface area (Å²) in [4.78, 5) is 2.37. The molecule has 0 N–H and O–H groups in total. The first-order valence-electron chi connectivity index (χ1n) is 17.6. The highest BCUT2D eigenvalue weighted by Gasteiger charge is 2.44. The molecule has 0 amide bonds. The van der Waals surface area contributed by atoms with Crippen LogP contribution in [0.15, 0.2) is 114 Å². The molecular weight excluding hydrogens is 645 g/mol. The van der Waals surface area contributed by atoms with E-state index in [1.54, 1.807) is 0 Å². The van der Waals surface area contributed by atoms with Crippen molar-refractivity contribution in [2.45, 2.75) is 47.0 Å². The van der Waals surface area contributed by atoms with Crippen molar-refractivity contribution in [3.8, 4) is 23.0 Å². The van der Waals surface area contributed by atoms with Gasteiger partial charge in [-0.25, -0.2) is 0 Å². The summed E-state index contributed by atoms with van der Waals surface area (Å²) in [6.07, 6.45) is 0. The number of para-hydroxylation sites is 1. The second kappa shape index (κ2) is 10.8. The van der Waals surface area contributed by atoms with Gasteiger partial charge in [0, 0.05) is 37.1 Å². The number of rotatable bonds is 3. The molecule has 0 aliphatic carbocycles. The number of benzene rings is 6. The zero-order valence-corrected chi connectivity index (χ0v) is 30.4. The molecule has 0 saturated carbocycles. The predicted molar refractivity (Wildman–Crippen MR) is 214 cm³/mol. The van der Waals surface area contributed by atoms with Gasteiger partial charge in [0.1, 0.15) is 22.8 Å². The first-order valence-corrected chi connectivity index (χ1v) is 18.4. The highest BCUT2D eigenvalue weighted by atomic mass is 32.1. The lowest BCUT2D eigenvalue weighted by Gasteiger charge is -2.33. The first kappa shape index (κ1) is 30.4. The van der Waals surface area contributed by atoms with Crippen LogP contribution in [0.25, 0.3) is 32.0 Å². The Hall–Kier alpha value is -5.46. The topological polar surface area (TPSA) is 34.8 Å². The third-order valence-electron chi connectivity index (χ3n) is 10.5. The molecule has 10 rings (SSSR count). The Morgan fingerprint density at radius 1 is 0.647 bits per heavy atom. The number of ether oxygens (including phenoxy) is 2. The summed E-state index contributed by atoms with van der Waals surface area (Å²) in [5.41, 5.74) is 11.8. The van der Waals surface area contributed by atoms with Gasteiger partial charge in [0.05, 0.1) is 11.1 Å². The molecule has 8 aromatic rings. The first-order chi connectivity index (χ1) is 24.6. The van der Waals surface area contributed by atoms with Crippen LogP contribution in [0.5, 0.6) is 23.0 Å². The van der Waals surface area contributed by atoms with Crippen LogP contribution in [-0.4, -0.2) is 6.71 Å². The number of hydrogen-bond donors (Lipinski definition) is 0. The van der Waals surface area contributed by atoms with Crippen molar-refractivity contribution >= 4 is 82.8 Å². The van der Waals surface area contributed by atoms with Gasteiger partial charge < -0.3 is 18.8 Å². The number of fused-ring (bicyclic) bond motifs is 10. The molecule has 2 aliphatic heterocycles. The fraction of sp³-hybridized carbons (Fsp3) is 0.156. The van der Waals surface area contributed by atoms with Gasteiger partial charge in [-0.3, -0.25) is 0 Å². The summed E-state index contributed by atoms with van der Waals surface area (Å²) in [6.45, 7) is 13.1. The Bertz CT molecular complexity index is 2670. The second-order valence-electron chi connectivity index (χ2n) is 15.2. The summed E-state index contributed by atoms with van der Waals surface area (Å²) >= 11 is 1.82. The van der Waals surface area contributed by atoms with Crippen molar-refractivity contribution in [3.05, 3.63) is 131 Å². The van der Waals surface area contributed by atoms with E-state index in [1.165, 1.54) is 26.2 Å². The zero-order valence-electron chi connectivity index (χ0n) is 29.5. The molecule has 0 unspecified atom stereocenters. The summed E-state index contributed by atoms with van der Waals surface area (Å²) in [5.74, 6) is 3.40. The maximum atomic E-state index is 6.99. The number of nitrogens with zero attached hydrogens (tertiary/aromatic N) is 1. The molecule has 0 fully saturated rings. The number of anilines is 3. The molecule has 4 heterocycles. The fourth-order valence-corrected chi connectivity index (χ4v) is 9.12. The van der Waals surface area contributed by atoms with Crippen LogP contribution >= 0.6 is 11.3 Å². The maximum absolute atomic E-state index is 6.99. The summed E-state index contributed by atoms with van der Waals surface area (Å²) in [7, 11) is 0. The number of hydrogen-bond acceptors (Lipinski definition) is 5. The normalized spacial score (nSPS) is 13.2. The highest BCUT2D eigenvalue weighted by Crippen LogP contribution is 2.49. The number of aryl methyl sites for hydroxylation is 3. The lowest BCUT2D eigenvalue weighted by molar-refractivity contribution is 0.464. The van der Waals surface area contributed by atoms with Crippen LogP contribution in [0.1, 0.15) is 43.0 Å². The van der Waals surface area contributed by atoms with Gasteiger partial charge in [0.25, 0.3) is 6.71 Å². The van der Waals surface area contributed by atoms with E-state index in [9.17, 15) is 0 Å². The number of furan rings is 1. The van der Waals surface area contributed by atoms with E-state index < -0.39 is 0 Å². The van der Waals surface area contributed by atoms with Crippen molar-refractivity contribution in [1.29, 1.82) is 0 Å². The van der Waals surface area contributed by atoms with Crippen molar-refractivity contribution in [2.75, 3.05) is 4.90 Å². The minimum Gasteiger partial charge on any atom is -0.457 e. The third-order valence-corrected chi connectivity index (χ3v) is 11.7. The van der Waals surface area contributed by atoms with Gasteiger partial charge >= 0.3 is 0 Å². The van der Waals surface area contributed by atoms with Crippen LogP contribution in [-0.2, 0) is 5.41 Å². The van der Waals surface area contributed by atoms with Gasteiger partial charge in [-0.05, 0) is 103 Å². The van der Waals surface area contributed by atoms with Gasteiger partial charge in [0.2, 0.25) is 0 Å². The van der Waals surface area contributed by atoms with Gasteiger partial charge in [-0.1, -0.05) is 80.4 Å². The zero-order chi connectivity index (χ0) is 34.8. The molecule has 51 heavy (non-hydrogen) atoms. The molecule has 6 heteroatoms. The van der Waals surface area contributed by atoms with Crippen LogP contribution in [0, 0.1) is 20.8 Å². The van der Waals surface area contributed by atoms with E-state index in [2.05, 4.69) is 150 Å². The van der Waals surface area contributed by atoms with E-state index >= 15 is 0 Å². The summed E-state index contributed by atoms with van der Waals surface area (Å²) in [6, 6.07) is 39.4. The molecule has 4 nitrogen and oxygen atoms in total. The van der Waals surface area contributed by atoms with E-state index in [4.69, 9.17) is 13.9 Å².